The lowest BCUT2D eigenvalue weighted by Gasteiger charge is -2.32. The molecule has 0 atom stereocenters. The highest BCUT2D eigenvalue weighted by molar-refractivity contribution is 7.18. The number of aryl methyl sites for hydroxylation is 3. The monoisotopic (exact) mass is 464 g/mol. The van der Waals surface area contributed by atoms with Crippen LogP contribution in [0.4, 0.5) is 0 Å². The zero-order valence-corrected chi connectivity index (χ0v) is 19.9. The van der Waals surface area contributed by atoms with Crippen molar-refractivity contribution in [3.05, 3.63) is 62.5 Å². The molecule has 0 bridgehead atoms. The zero-order valence-electron chi connectivity index (χ0n) is 19.1. The Labute approximate surface area is 198 Å². The largest absolute Gasteiger partial charge is 0.353 e. The number of carbonyl (C=O) groups excluding carboxylic acids is 1. The van der Waals surface area contributed by atoms with E-state index in [9.17, 15) is 9.59 Å². The minimum atomic E-state index is -0.0411. The number of likely N-dealkylation sites (tertiary alicyclic amines) is 1. The number of fused-ring (bicyclic) bond motifs is 3. The molecule has 1 fully saturated rings. The number of thiophene rings is 1. The molecule has 0 unspecified atom stereocenters. The maximum absolute atomic E-state index is 12.8. The summed E-state index contributed by atoms with van der Waals surface area (Å²) in [6.45, 7) is 2.96. The van der Waals surface area contributed by atoms with Gasteiger partial charge in [-0.25, -0.2) is 4.98 Å². The van der Waals surface area contributed by atoms with Gasteiger partial charge in [0.2, 0.25) is 5.91 Å². The maximum atomic E-state index is 12.8. The van der Waals surface area contributed by atoms with Crippen LogP contribution in [0.1, 0.15) is 60.4 Å². The molecule has 7 heteroatoms. The van der Waals surface area contributed by atoms with Crippen LogP contribution >= 0.6 is 11.3 Å². The second kappa shape index (κ2) is 10.2. The van der Waals surface area contributed by atoms with Crippen molar-refractivity contribution >= 4 is 27.5 Å². The predicted molar refractivity (Wildman–Crippen MR) is 133 cm³/mol. The van der Waals surface area contributed by atoms with Crippen LogP contribution in [-0.4, -0.2) is 39.9 Å². The minimum absolute atomic E-state index is 0.0411. The number of amides is 1. The average Bonchev–Trinajstić information content (AvgIpc) is 3.01. The van der Waals surface area contributed by atoms with Crippen molar-refractivity contribution in [2.45, 2.75) is 70.4 Å². The Morgan fingerprint density at radius 2 is 1.91 bits per heavy atom. The van der Waals surface area contributed by atoms with Crippen molar-refractivity contribution in [2.24, 2.45) is 0 Å². The van der Waals surface area contributed by atoms with Crippen molar-refractivity contribution in [2.75, 3.05) is 13.1 Å². The standard InChI is InChI=1S/C26H32N4O2S/c31-23(27-19-13-15-30(16-14-19)17-18-7-3-1-4-8-18)12-11-22-28-25(32)24-20-9-5-2-6-10-21(20)33-26(24)29-22/h1,3-4,7-8,19H,2,5-6,9-17H2,(H,27,31)(H,28,29,32). The zero-order chi connectivity index (χ0) is 22.6. The van der Waals surface area contributed by atoms with Gasteiger partial charge in [0, 0.05) is 43.4 Å². The van der Waals surface area contributed by atoms with Gasteiger partial charge in [-0.15, -0.1) is 11.3 Å². The van der Waals surface area contributed by atoms with Crippen molar-refractivity contribution in [3.63, 3.8) is 0 Å². The normalized spacial score (nSPS) is 17.6. The number of piperidine rings is 1. The Bertz CT molecular complexity index is 1160. The Morgan fingerprint density at radius 1 is 1.12 bits per heavy atom. The van der Waals surface area contributed by atoms with E-state index in [1.54, 1.807) is 11.3 Å². The second-order valence-corrected chi connectivity index (χ2v) is 10.4. The van der Waals surface area contributed by atoms with Gasteiger partial charge >= 0.3 is 0 Å². The fraction of sp³-hybridized carbons (Fsp3) is 0.500. The first-order chi connectivity index (χ1) is 16.2. The Morgan fingerprint density at radius 3 is 2.73 bits per heavy atom. The van der Waals surface area contributed by atoms with Gasteiger partial charge in [0.1, 0.15) is 10.7 Å². The quantitative estimate of drug-likeness (QED) is 0.541. The maximum Gasteiger partial charge on any atom is 0.259 e. The van der Waals surface area contributed by atoms with Crippen LogP contribution < -0.4 is 10.9 Å². The van der Waals surface area contributed by atoms with E-state index in [-0.39, 0.29) is 17.5 Å². The summed E-state index contributed by atoms with van der Waals surface area (Å²) in [5.41, 5.74) is 2.50. The SMILES string of the molecule is O=C(CCc1nc2sc3c(c2c(=O)[nH]1)CCCCC3)NC1CCN(Cc2ccccc2)CC1. The number of hydrogen-bond donors (Lipinski definition) is 2. The van der Waals surface area contributed by atoms with Crippen LogP contribution in [0.5, 0.6) is 0 Å². The van der Waals surface area contributed by atoms with Crippen LogP contribution in [0.3, 0.4) is 0 Å². The molecule has 0 saturated carbocycles. The molecule has 0 radical (unpaired) electrons. The van der Waals surface area contributed by atoms with Gasteiger partial charge < -0.3 is 10.3 Å². The number of nitrogens with one attached hydrogen (secondary N) is 2. The van der Waals surface area contributed by atoms with Crippen LogP contribution in [0.2, 0.25) is 0 Å². The van der Waals surface area contributed by atoms with Gasteiger partial charge in [0.15, 0.2) is 0 Å². The number of aromatic amines is 1. The second-order valence-electron chi connectivity index (χ2n) is 9.36. The number of hydrogen-bond acceptors (Lipinski definition) is 5. The Hall–Kier alpha value is -2.51. The lowest BCUT2D eigenvalue weighted by molar-refractivity contribution is -0.122. The summed E-state index contributed by atoms with van der Waals surface area (Å²) in [6, 6.07) is 10.8. The van der Waals surface area contributed by atoms with E-state index >= 15 is 0 Å². The topological polar surface area (TPSA) is 78.1 Å². The van der Waals surface area contributed by atoms with Gasteiger partial charge in [-0.1, -0.05) is 36.8 Å². The van der Waals surface area contributed by atoms with Crippen LogP contribution in [0, 0.1) is 0 Å². The van der Waals surface area contributed by atoms with Crippen LogP contribution in [-0.2, 0) is 30.6 Å². The van der Waals surface area contributed by atoms with Gasteiger partial charge in [0.25, 0.3) is 5.56 Å². The van der Waals surface area contributed by atoms with Crippen molar-refractivity contribution < 1.29 is 4.79 Å². The average molecular weight is 465 g/mol. The summed E-state index contributed by atoms with van der Waals surface area (Å²) in [6.07, 6.45) is 8.36. The number of carbonyl (C=O) groups is 1. The summed E-state index contributed by atoms with van der Waals surface area (Å²) in [4.78, 5) is 37.6. The Balaban J connectivity index is 1.13. The smallest absolute Gasteiger partial charge is 0.259 e. The molecule has 3 heterocycles. The van der Waals surface area contributed by atoms with E-state index in [4.69, 9.17) is 4.98 Å². The molecule has 1 amide bonds. The highest BCUT2D eigenvalue weighted by Gasteiger charge is 2.22. The van der Waals surface area contributed by atoms with E-state index in [0.717, 1.165) is 62.0 Å². The van der Waals surface area contributed by atoms with E-state index < -0.39 is 0 Å². The first kappa shape index (κ1) is 22.3. The fourth-order valence-corrected chi connectivity index (χ4v) is 6.39. The Kier molecular flexibility index (Phi) is 6.88. The molecule has 2 aromatic heterocycles. The molecule has 33 heavy (non-hydrogen) atoms. The lowest BCUT2D eigenvalue weighted by Crippen LogP contribution is -2.44. The first-order valence-electron chi connectivity index (χ1n) is 12.2. The lowest BCUT2D eigenvalue weighted by atomic mass is 10.0. The third-order valence-corrected chi connectivity index (χ3v) is 8.10. The molecule has 5 rings (SSSR count). The third kappa shape index (κ3) is 5.36. The first-order valence-corrected chi connectivity index (χ1v) is 13.1. The molecular formula is C26H32N4O2S. The molecule has 6 nitrogen and oxygen atoms in total. The van der Waals surface area contributed by atoms with Gasteiger partial charge in [-0.05, 0) is 49.7 Å². The summed E-state index contributed by atoms with van der Waals surface area (Å²) in [5.74, 6) is 0.665. The van der Waals surface area contributed by atoms with E-state index in [0.29, 0.717) is 18.7 Å². The fourth-order valence-electron chi connectivity index (χ4n) is 5.11. The van der Waals surface area contributed by atoms with Crippen molar-refractivity contribution in [1.82, 2.24) is 20.2 Å². The van der Waals surface area contributed by atoms with Gasteiger partial charge in [-0.2, -0.15) is 0 Å². The van der Waals surface area contributed by atoms with E-state index in [1.807, 2.05) is 6.07 Å². The van der Waals surface area contributed by atoms with Crippen molar-refractivity contribution in [3.8, 4) is 0 Å². The molecule has 1 aliphatic carbocycles. The number of H-pyrrole nitrogens is 1. The van der Waals surface area contributed by atoms with Gasteiger partial charge in [0.05, 0.1) is 5.39 Å². The highest BCUT2D eigenvalue weighted by Crippen LogP contribution is 2.32. The third-order valence-electron chi connectivity index (χ3n) is 6.91. The summed E-state index contributed by atoms with van der Waals surface area (Å²) in [5, 5.41) is 3.97. The van der Waals surface area contributed by atoms with E-state index in [2.05, 4.69) is 39.5 Å². The minimum Gasteiger partial charge on any atom is -0.353 e. The van der Waals surface area contributed by atoms with Gasteiger partial charge in [-0.3, -0.25) is 14.5 Å². The van der Waals surface area contributed by atoms with E-state index in [1.165, 1.54) is 28.8 Å². The van der Waals surface area contributed by atoms with Crippen molar-refractivity contribution in [1.29, 1.82) is 0 Å². The molecule has 0 spiro atoms. The summed E-state index contributed by atoms with van der Waals surface area (Å²) in [7, 11) is 0. The van der Waals surface area contributed by atoms with Crippen LogP contribution in [0.25, 0.3) is 10.2 Å². The molecule has 2 N–H and O–H groups in total. The molecule has 1 saturated heterocycles. The number of rotatable bonds is 6. The molecule has 3 aromatic rings. The number of benzene rings is 1. The molecule has 1 aliphatic heterocycles. The summed E-state index contributed by atoms with van der Waals surface area (Å²) < 4.78 is 0. The molecule has 2 aliphatic rings. The van der Waals surface area contributed by atoms with Crippen LogP contribution in [0.15, 0.2) is 35.1 Å². The molecule has 1 aromatic carbocycles. The number of nitrogens with zero attached hydrogens (tertiary/aromatic N) is 2. The predicted octanol–water partition coefficient (Wildman–Crippen LogP) is 3.97. The number of aromatic nitrogens is 2. The highest BCUT2D eigenvalue weighted by atomic mass is 32.1. The summed E-state index contributed by atoms with van der Waals surface area (Å²) >= 11 is 1.67. The molecule has 174 valence electrons. The molecular weight excluding hydrogens is 432 g/mol.